The van der Waals surface area contributed by atoms with Gasteiger partial charge in [0.1, 0.15) is 12.2 Å². The highest BCUT2D eigenvalue weighted by atomic mass is 32.1. The molecule has 0 radical (unpaired) electrons. The smallest absolute Gasteiger partial charge is 0.325 e. The van der Waals surface area contributed by atoms with E-state index in [1.165, 1.54) is 15.9 Å². The molecule has 0 aliphatic carbocycles. The molecule has 5 nitrogen and oxygen atoms in total. The molecule has 0 aliphatic rings. The summed E-state index contributed by atoms with van der Waals surface area (Å²) in [6.45, 7) is -0.398. The van der Waals surface area contributed by atoms with E-state index in [9.17, 15) is 31.1 Å². The third-order valence-electron chi connectivity index (χ3n) is 4.49. The molecule has 32 heavy (non-hydrogen) atoms. The fourth-order valence-electron chi connectivity index (χ4n) is 3.13. The molecular formula is C20H12F6N4OS. The highest BCUT2D eigenvalue weighted by Crippen LogP contribution is 2.37. The van der Waals surface area contributed by atoms with Gasteiger partial charge in [-0.25, -0.2) is 9.97 Å². The van der Waals surface area contributed by atoms with Gasteiger partial charge in [-0.1, -0.05) is 12.1 Å². The fraction of sp³-hybridized carbons (Fsp3) is 0.150. The average Bonchev–Trinajstić information content (AvgIpc) is 3.35. The number of halogens is 6. The molecule has 2 aromatic heterocycles. The maximum Gasteiger partial charge on any atom is 0.416 e. The van der Waals surface area contributed by atoms with E-state index in [2.05, 4.69) is 15.3 Å². The number of hydrogen-bond donors (Lipinski definition) is 1. The summed E-state index contributed by atoms with van der Waals surface area (Å²) in [5.74, 6) is -0.472. The van der Waals surface area contributed by atoms with E-state index in [1.807, 2.05) is 0 Å². The molecule has 0 bridgehead atoms. The molecule has 0 aliphatic heterocycles. The molecule has 2 heterocycles. The Morgan fingerprint density at radius 1 is 1.00 bits per heavy atom. The molecule has 0 atom stereocenters. The molecule has 0 fully saturated rings. The Morgan fingerprint density at radius 3 is 2.25 bits per heavy atom. The number of nitrogens with one attached hydrogen (secondary N) is 1. The number of imidazole rings is 1. The molecule has 0 saturated carbocycles. The quantitative estimate of drug-likeness (QED) is 0.382. The van der Waals surface area contributed by atoms with E-state index in [1.54, 1.807) is 35.2 Å². The maximum absolute atomic E-state index is 13.1. The van der Waals surface area contributed by atoms with Crippen LogP contribution in [0.4, 0.5) is 32.0 Å². The number of fused-ring (bicyclic) bond motifs is 1. The Morgan fingerprint density at radius 2 is 1.66 bits per heavy atom. The van der Waals surface area contributed by atoms with Gasteiger partial charge in [0, 0.05) is 11.1 Å². The number of rotatable bonds is 4. The number of anilines is 1. The van der Waals surface area contributed by atoms with E-state index in [0.29, 0.717) is 34.7 Å². The van der Waals surface area contributed by atoms with Crippen LogP contribution in [0.5, 0.6) is 0 Å². The Bertz CT molecular complexity index is 1250. The average molecular weight is 470 g/mol. The van der Waals surface area contributed by atoms with Gasteiger partial charge in [-0.3, -0.25) is 4.79 Å². The predicted molar refractivity (Wildman–Crippen MR) is 106 cm³/mol. The Balaban J connectivity index is 1.68. The molecule has 4 aromatic rings. The lowest BCUT2D eigenvalue weighted by Gasteiger charge is -2.15. The van der Waals surface area contributed by atoms with Crippen LogP contribution in [0.2, 0.25) is 0 Å². The molecule has 166 valence electrons. The number of carbonyl (C=O) groups is 1. The van der Waals surface area contributed by atoms with Crippen LogP contribution >= 0.6 is 11.3 Å². The van der Waals surface area contributed by atoms with E-state index in [0.717, 1.165) is 0 Å². The van der Waals surface area contributed by atoms with E-state index < -0.39 is 41.6 Å². The normalized spacial score (nSPS) is 12.3. The summed E-state index contributed by atoms with van der Waals surface area (Å²) >= 11 is 1.30. The second kappa shape index (κ2) is 7.93. The van der Waals surface area contributed by atoms with Crippen molar-refractivity contribution in [3.8, 4) is 11.5 Å². The summed E-state index contributed by atoms with van der Waals surface area (Å²) in [6, 6.07) is 7.78. The van der Waals surface area contributed by atoms with Gasteiger partial charge in [-0.05, 0) is 30.3 Å². The van der Waals surface area contributed by atoms with Crippen LogP contribution in [0.25, 0.3) is 22.6 Å². The third-order valence-corrected chi connectivity index (χ3v) is 5.08. The fourth-order valence-corrected chi connectivity index (χ4v) is 3.66. The first-order valence-corrected chi connectivity index (χ1v) is 9.90. The molecule has 1 N–H and O–H groups in total. The van der Waals surface area contributed by atoms with Crippen molar-refractivity contribution in [1.29, 1.82) is 0 Å². The molecule has 1 amide bonds. The van der Waals surface area contributed by atoms with Crippen molar-refractivity contribution in [3.63, 3.8) is 0 Å². The zero-order valence-electron chi connectivity index (χ0n) is 15.8. The zero-order valence-corrected chi connectivity index (χ0v) is 16.6. The number of thiazole rings is 1. The molecule has 4 rings (SSSR count). The lowest BCUT2D eigenvalue weighted by Crippen LogP contribution is -2.20. The van der Waals surface area contributed by atoms with Crippen molar-refractivity contribution in [2.75, 3.05) is 5.32 Å². The summed E-state index contributed by atoms with van der Waals surface area (Å²) in [7, 11) is 0. The highest BCUT2D eigenvalue weighted by molar-refractivity contribution is 7.07. The molecule has 0 spiro atoms. The van der Waals surface area contributed by atoms with Gasteiger partial charge in [0.05, 0.1) is 27.7 Å². The van der Waals surface area contributed by atoms with Crippen LogP contribution in [0.1, 0.15) is 11.1 Å². The van der Waals surface area contributed by atoms with Gasteiger partial charge >= 0.3 is 12.4 Å². The molecular weight excluding hydrogens is 458 g/mol. The van der Waals surface area contributed by atoms with Crippen LogP contribution in [0, 0.1) is 0 Å². The van der Waals surface area contributed by atoms with Crippen molar-refractivity contribution < 1.29 is 31.1 Å². The number of hydrogen-bond acceptors (Lipinski definition) is 4. The molecule has 2 aromatic carbocycles. The number of nitrogens with zero attached hydrogens (tertiary/aromatic N) is 3. The summed E-state index contributed by atoms with van der Waals surface area (Å²) in [4.78, 5) is 21.2. The minimum absolute atomic E-state index is 0.000621. The van der Waals surface area contributed by atoms with Crippen molar-refractivity contribution in [2.45, 2.75) is 18.9 Å². The van der Waals surface area contributed by atoms with Crippen molar-refractivity contribution >= 4 is 34.0 Å². The zero-order chi connectivity index (χ0) is 23.1. The maximum atomic E-state index is 13.1. The SMILES string of the molecule is O=C(Cn1c(-c2cscn2)nc2ccccc21)Nc1cc(C(F)(F)F)cc(C(F)(F)F)c1. The molecule has 12 heteroatoms. The van der Waals surface area contributed by atoms with E-state index in [4.69, 9.17) is 0 Å². The van der Waals surface area contributed by atoms with Crippen molar-refractivity contribution in [3.05, 3.63) is 64.5 Å². The van der Waals surface area contributed by atoms with Crippen LogP contribution in [-0.2, 0) is 23.7 Å². The molecule has 0 saturated heterocycles. The highest BCUT2D eigenvalue weighted by Gasteiger charge is 2.37. The Kier molecular flexibility index (Phi) is 5.41. The van der Waals surface area contributed by atoms with Crippen molar-refractivity contribution in [2.24, 2.45) is 0 Å². The van der Waals surface area contributed by atoms with Crippen LogP contribution in [0.15, 0.2) is 53.4 Å². The number of alkyl halides is 6. The second-order valence-electron chi connectivity index (χ2n) is 6.73. The topological polar surface area (TPSA) is 59.8 Å². The van der Waals surface area contributed by atoms with Gasteiger partial charge in [0.25, 0.3) is 0 Å². The monoisotopic (exact) mass is 470 g/mol. The predicted octanol–water partition coefficient (Wildman–Crippen LogP) is 5.84. The first-order valence-electron chi connectivity index (χ1n) is 8.95. The first kappa shape index (κ1) is 21.8. The van der Waals surface area contributed by atoms with Gasteiger partial charge in [-0.2, -0.15) is 26.3 Å². The second-order valence-corrected chi connectivity index (χ2v) is 7.45. The number of amides is 1. The van der Waals surface area contributed by atoms with E-state index >= 15 is 0 Å². The van der Waals surface area contributed by atoms with Crippen LogP contribution in [0.3, 0.4) is 0 Å². The Labute approximate surface area is 180 Å². The summed E-state index contributed by atoms with van der Waals surface area (Å²) in [5, 5.41) is 3.84. The van der Waals surface area contributed by atoms with Gasteiger partial charge in [0.2, 0.25) is 5.91 Å². The number of benzene rings is 2. The first-order chi connectivity index (χ1) is 15.0. The number of carbonyl (C=O) groups excluding carboxylic acids is 1. The van der Waals surface area contributed by atoms with Gasteiger partial charge < -0.3 is 9.88 Å². The summed E-state index contributed by atoms with van der Waals surface area (Å²) < 4.78 is 79.9. The summed E-state index contributed by atoms with van der Waals surface area (Å²) in [6.07, 6.45) is -10.0. The van der Waals surface area contributed by atoms with Crippen LogP contribution in [-0.4, -0.2) is 20.4 Å². The lowest BCUT2D eigenvalue weighted by atomic mass is 10.1. The van der Waals surface area contributed by atoms with Gasteiger partial charge in [0.15, 0.2) is 5.82 Å². The largest absolute Gasteiger partial charge is 0.416 e. The lowest BCUT2D eigenvalue weighted by molar-refractivity contribution is -0.143. The minimum atomic E-state index is -5.01. The molecule has 0 unspecified atom stereocenters. The van der Waals surface area contributed by atoms with E-state index in [-0.39, 0.29) is 6.07 Å². The minimum Gasteiger partial charge on any atom is -0.325 e. The standard InChI is InChI=1S/C20H12F6N4OS/c21-19(22,23)11-5-12(20(24,25)26)7-13(6-11)28-17(31)8-30-16-4-2-1-3-14(16)29-18(30)15-9-32-10-27-15/h1-7,9-10H,8H2,(H,28,31). The number of aromatic nitrogens is 3. The summed E-state index contributed by atoms with van der Waals surface area (Å²) in [5.41, 5.74) is -0.472. The number of para-hydroxylation sites is 2. The van der Waals surface area contributed by atoms with Crippen molar-refractivity contribution in [1.82, 2.24) is 14.5 Å². The van der Waals surface area contributed by atoms with Crippen LogP contribution < -0.4 is 5.32 Å². The van der Waals surface area contributed by atoms with Gasteiger partial charge in [-0.15, -0.1) is 11.3 Å². The third kappa shape index (κ3) is 4.44. The Hall–Kier alpha value is -3.41.